The summed E-state index contributed by atoms with van der Waals surface area (Å²) >= 11 is 0. The quantitative estimate of drug-likeness (QED) is 0.643. The van der Waals surface area contributed by atoms with Crippen molar-refractivity contribution >= 4 is 11.7 Å². The van der Waals surface area contributed by atoms with Crippen LogP contribution in [0.5, 0.6) is 0 Å². The van der Waals surface area contributed by atoms with Crippen LogP contribution in [0.3, 0.4) is 0 Å². The molecule has 1 rings (SSSR count). The summed E-state index contributed by atoms with van der Waals surface area (Å²) in [6, 6.07) is 1.81. The van der Waals surface area contributed by atoms with E-state index in [1.807, 2.05) is 0 Å². The molecule has 1 aromatic rings. The van der Waals surface area contributed by atoms with Gasteiger partial charge in [-0.1, -0.05) is 0 Å². The first-order valence-corrected chi connectivity index (χ1v) is 5.24. The van der Waals surface area contributed by atoms with Crippen LogP contribution in [0, 0.1) is 11.6 Å². The number of rotatable bonds is 5. The Bertz CT molecular complexity index is 473. The van der Waals surface area contributed by atoms with Gasteiger partial charge in [-0.05, 0) is 18.6 Å². The van der Waals surface area contributed by atoms with Crippen LogP contribution in [-0.4, -0.2) is 23.8 Å². The number of aromatic carboxylic acids is 1. The van der Waals surface area contributed by atoms with Crippen molar-refractivity contribution in [2.45, 2.75) is 19.0 Å². The molecule has 0 atom stereocenters. The van der Waals surface area contributed by atoms with Crippen molar-refractivity contribution in [3.8, 4) is 0 Å². The van der Waals surface area contributed by atoms with Gasteiger partial charge in [-0.2, -0.15) is 13.2 Å². The summed E-state index contributed by atoms with van der Waals surface area (Å²) in [4.78, 5) is 10.5. The third-order valence-corrected chi connectivity index (χ3v) is 2.27. The predicted octanol–water partition coefficient (Wildman–Crippen LogP) is 3.42. The Kier molecular flexibility index (Phi) is 4.68. The van der Waals surface area contributed by atoms with Gasteiger partial charge in [0, 0.05) is 13.0 Å². The highest BCUT2D eigenvalue weighted by atomic mass is 19.4. The predicted molar refractivity (Wildman–Crippen MR) is 57.1 cm³/mol. The number of hydrogen-bond acceptors (Lipinski definition) is 2. The van der Waals surface area contributed by atoms with Gasteiger partial charge < -0.3 is 10.4 Å². The number of hydrogen-bond donors (Lipinski definition) is 2. The zero-order valence-corrected chi connectivity index (χ0v) is 9.52. The standard InChI is InChI=1S/C11H10F5NO2/c12-8-6(10(18)19)2-3-7(9(8)13)17-5-1-4-11(14,15)16/h2-3,17H,1,4-5H2,(H,18,19). The fourth-order valence-electron chi connectivity index (χ4n) is 1.36. The van der Waals surface area contributed by atoms with Crippen LogP contribution in [0.15, 0.2) is 12.1 Å². The smallest absolute Gasteiger partial charge is 0.389 e. The molecule has 0 aliphatic heterocycles. The topological polar surface area (TPSA) is 49.3 Å². The van der Waals surface area contributed by atoms with Crippen molar-refractivity contribution in [2.75, 3.05) is 11.9 Å². The van der Waals surface area contributed by atoms with Crippen molar-refractivity contribution in [1.82, 2.24) is 0 Å². The van der Waals surface area contributed by atoms with Crippen molar-refractivity contribution in [3.63, 3.8) is 0 Å². The second kappa shape index (κ2) is 5.85. The summed E-state index contributed by atoms with van der Waals surface area (Å²) in [6.45, 7) is -0.206. The zero-order valence-electron chi connectivity index (χ0n) is 9.52. The van der Waals surface area contributed by atoms with E-state index in [0.29, 0.717) is 0 Å². The molecule has 0 spiro atoms. The maximum Gasteiger partial charge on any atom is 0.389 e. The molecule has 0 saturated heterocycles. The minimum Gasteiger partial charge on any atom is -0.478 e. The van der Waals surface area contributed by atoms with Crippen molar-refractivity contribution in [1.29, 1.82) is 0 Å². The Labute approximate surface area is 105 Å². The highest BCUT2D eigenvalue weighted by Gasteiger charge is 2.26. The van der Waals surface area contributed by atoms with E-state index in [0.717, 1.165) is 12.1 Å². The van der Waals surface area contributed by atoms with Gasteiger partial charge in [-0.25, -0.2) is 13.6 Å². The fraction of sp³-hybridized carbons (Fsp3) is 0.364. The number of halogens is 5. The summed E-state index contributed by atoms with van der Waals surface area (Å²) in [6.07, 6.45) is -5.65. The van der Waals surface area contributed by atoms with Crippen LogP contribution in [0.25, 0.3) is 0 Å². The van der Waals surface area contributed by atoms with E-state index in [2.05, 4.69) is 5.32 Å². The SMILES string of the molecule is O=C(O)c1ccc(NCCCC(F)(F)F)c(F)c1F. The molecule has 0 heterocycles. The molecule has 106 valence electrons. The van der Waals surface area contributed by atoms with Crippen LogP contribution < -0.4 is 5.32 Å². The van der Waals surface area contributed by atoms with Crippen LogP contribution in [0.2, 0.25) is 0 Å². The molecule has 0 saturated carbocycles. The number of carboxylic acids is 1. The van der Waals surface area contributed by atoms with Gasteiger partial charge in [0.15, 0.2) is 11.6 Å². The number of alkyl halides is 3. The first-order valence-electron chi connectivity index (χ1n) is 5.24. The van der Waals surface area contributed by atoms with Gasteiger partial charge in [-0.3, -0.25) is 0 Å². The van der Waals surface area contributed by atoms with E-state index in [-0.39, 0.29) is 18.7 Å². The zero-order chi connectivity index (χ0) is 14.6. The van der Waals surface area contributed by atoms with Gasteiger partial charge in [0.05, 0.1) is 11.3 Å². The molecule has 0 aromatic heterocycles. The molecule has 1 aromatic carbocycles. The lowest BCUT2D eigenvalue weighted by molar-refractivity contribution is -0.134. The maximum absolute atomic E-state index is 13.4. The Morgan fingerprint density at radius 1 is 1.21 bits per heavy atom. The van der Waals surface area contributed by atoms with Gasteiger partial charge >= 0.3 is 12.1 Å². The van der Waals surface area contributed by atoms with Crippen molar-refractivity contribution in [2.24, 2.45) is 0 Å². The molecule has 0 aliphatic carbocycles. The van der Waals surface area contributed by atoms with Gasteiger partial charge in [0.2, 0.25) is 0 Å². The molecule has 0 fully saturated rings. The third kappa shape index (κ3) is 4.38. The number of benzene rings is 1. The summed E-state index contributed by atoms with van der Waals surface area (Å²) in [5, 5.41) is 10.8. The van der Waals surface area contributed by atoms with E-state index in [1.54, 1.807) is 0 Å². The Morgan fingerprint density at radius 3 is 2.37 bits per heavy atom. The minimum absolute atomic E-state index is 0.206. The van der Waals surface area contributed by atoms with Crippen LogP contribution in [0.4, 0.5) is 27.6 Å². The number of anilines is 1. The van der Waals surface area contributed by atoms with Crippen molar-refractivity contribution < 1.29 is 31.9 Å². The molecule has 19 heavy (non-hydrogen) atoms. The average molecular weight is 283 g/mol. The molecule has 2 N–H and O–H groups in total. The third-order valence-electron chi connectivity index (χ3n) is 2.27. The molecule has 3 nitrogen and oxygen atoms in total. The summed E-state index contributed by atoms with van der Waals surface area (Å²) in [5.74, 6) is -4.60. The van der Waals surface area contributed by atoms with Crippen LogP contribution in [-0.2, 0) is 0 Å². The van der Waals surface area contributed by atoms with E-state index < -0.39 is 35.8 Å². The first kappa shape index (κ1) is 15.2. The number of nitrogens with one attached hydrogen (secondary N) is 1. The normalized spacial score (nSPS) is 11.4. The minimum atomic E-state index is -4.31. The second-order valence-electron chi connectivity index (χ2n) is 3.74. The lowest BCUT2D eigenvalue weighted by Crippen LogP contribution is -2.12. The Hall–Kier alpha value is -1.86. The molecular formula is C11H10F5NO2. The molecule has 0 unspecified atom stereocenters. The molecule has 8 heteroatoms. The lowest BCUT2D eigenvalue weighted by atomic mass is 10.1. The first-order chi connectivity index (χ1) is 8.72. The van der Waals surface area contributed by atoms with Gasteiger partial charge in [-0.15, -0.1) is 0 Å². The van der Waals surface area contributed by atoms with Crippen LogP contribution >= 0.6 is 0 Å². The Balaban J connectivity index is 2.66. The van der Waals surface area contributed by atoms with Crippen LogP contribution in [0.1, 0.15) is 23.2 Å². The monoisotopic (exact) mass is 283 g/mol. The number of carbonyl (C=O) groups is 1. The van der Waals surface area contributed by atoms with E-state index in [9.17, 15) is 26.7 Å². The highest BCUT2D eigenvalue weighted by molar-refractivity contribution is 5.88. The van der Waals surface area contributed by atoms with Gasteiger partial charge in [0.25, 0.3) is 0 Å². The molecular weight excluding hydrogens is 273 g/mol. The fourth-order valence-corrected chi connectivity index (χ4v) is 1.36. The van der Waals surface area contributed by atoms with E-state index >= 15 is 0 Å². The maximum atomic E-state index is 13.4. The molecule has 0 bridgehead atoms. The van der Waals surface area contributed by atoms with E-state index in [4.69, 9.17) is 5.11 Å². The number of carboxylic acid groups (broad SMARTS) is 1. The largest absolute Gasteiger partial charge is 0.478 e. The van der Waals surface area contributed by atoms with Gasteiger partial charge in [0.1, 0.15) is 0 Å². The lowest BCUT2D eigenvalue weighted by Gasteiger charge is -2.10. The highest BCUT2D eigenvalue weighted by Crippen LogP contribution is 2.23. The summed E-state index contributed by atoms with van der Waals surface area (Å²) in [5.41, 5.74) is -1.21. The average Bonchev–Trinajstić information content (AvgIpc) is 2.28. The van der Waals surface area contributed by atoms with E-state index in [1.165, 1.54) is 0 Å². The van der Waals surface area contributed by atoms with Crippen molar-refractivity contribution in [3.05, 3.63) is 29.3 Å². The summed E-state index contributed by atoms with van der Waals surface area (Å²) < 4.78 is 62.1. The molecule has 0 amide bonds. The molecule has 0 aliphatic rings. The Morgan fingerprint density at radius 2 is 1.84 bits per heavy atom. The second-order valence-corrected chi connectivity index (χ2v) is 3.74. The summed E-state index contributed by atoms with van der Waals surface area (Å²) in [7, 11) is 0. The molecule has 0 radical (unpaired) electrons.